The molecule has 6 nitrogen and oxygen atoms in total. The van der Waals surface area contributed by atoms with E-state index in [2.05, 4.69) is 6.92 Å². The number of aliphatic hydroxyl groups excluding tert-OH is 1. The summed E-state index contributed by atoms with van der Waals surface area (Å²) in [5.41, 5.74) is -1.43. The van der Waals surface area contributed by atoms with Gasteiger partial charge in [-0.25, -0.2) is 9.59 Å². The zero-order chi connectivity index (χ0) is 23.5. The molecule has 0 unspecified atom stereocenters. The van der Waals surface area contributed by atoms with Gasteiger partial charge >= 0.3 is 11.9 Å². The van der Waals surface area contributed by atoms with Crippen molar-refractivity contribution in [1.82, 2.24) is 0 Å². The smallest absolute Gasteiger partial charge is 0.351 e. The van der Waals surface area contributed by atoms with Crippen LogP contribution in [0.5, 0.6) is 0 Å². The fraction of sp³-hybridized carbons (Fsp3) is 0.792. The van der Waals surface area contributed by atoms with E-state index in [4.69, 9.17) is 32.7 Å². The van der Waals surface area contributed by atoms with Crippen molar-refractivity contribution in [2.75, 3.05) is 6.61 Å². The Hall–Kier alpha value is -1.11. The number of hydrogen-bond donors (Lipinski definition) is 1. The molecule has 4 aliphatic carbocycles. The van der Waals surface area contributed by atoms with Crippen molar-refractivity contribution in [3.05, 3.63) is 11.6 Å². The number of ether oxygens (including phenoxy) is 2. The first-order chi connectivity index (χ1) is 15.0. The second kappa shape index (κ2) is 8.28. The number of rotatable bonds is 4. The largest absolute Gasteiger partial charge is 0.463 e. The van der Waals surface area contributed by atoms with Crippen molar-refractivity contribution in [1.29, 1.82) is 0 Å². The van der Waals surface area contributed by atoms with Crippen molar-refractivity contribution in [3.8, 4) is 0 Å². The van der Waals surface area contributed by atoms with Crippen molar-refractivity contribution < 1.29 is 29.0 Å². The first kappa shape index (κ1) is 24.0. The average Bonchev–Trinajstić information content (AvgIpc) is 3.01. The van der Waals surface area contributed by atoms with Crippen LogP contribution >= 0.6 is 23.2 Å². The number of carbonyl (C=O) groups is 3. The number of ketones is 1. The van der Waals surface area contributed by atoms with Crippen LogP contribution in [0.4, 0.5) is 0 Å². The van der Waals surface area contributed by atoms with Crippen LogP contribution in [0.15, 0.2) is 11.6 Å². The van der Waals surface area contributed by atoms with Gasteiger partial charge in [-0.15, -0.1) is 0 Å². The summed E-state index contributed by atoms with van der Waals surface area (Å²) in [5.74, 6) is -1.09. The maximum atomic E-state index is 13.3. The van der Waals surface area contributed by atoms with Crippen LogP contribution in [0, 0.1) is 28.6 Å². The second-order valence-electron chi connectivity index (χ2n) is 10.4. The predicted octanol–water partition coefficient (Wildman–Crippen LogP) is 4.14. The third-order valence-electron chi connectivity index (χ3n) is 9.07. The Morgan fingerprint density at radius 3 is 2.59 bits per heavy atom. The Morgan fingerprint density at radius 2 is 1.94 bits per heavy atom. The fourth-order valence-corrected chi connectivity index (χ4v) is 7.77. The van der Waals surface area contributed by atoms with E-state index in [0.717, 1.165) is 24.8 Å². The lowest BCUT2D eigenvalue weighted by atomic mass is 9.45. The third-order valence-corrected chi connectivity index (χ3v) is 9.43. The molecule has 0 heterocycles. The summed E-state index contributed by atoms with van der Waals surface area (Å²) in [6.45, 7) is 5.97. The molecule has 0 aliphatic heterocycles. The van der Waals surface area contributed by atoms with Crippen LogP contribution in [0.3, 0.4) is 0 Å². The Balaban J connectivity index is 1.74. The van der Waals surface area contributed by atoms with Gasteiger partial charge in [-0.05, 0) is 74.7 Å². The van der Waals surface area contributed by atoms with E-state index in [-0.39, 0.29) is 35.6 Å². The maximum absolute atomic E-state index is 13.3. The molecule has 0 aromatic rings. The van der Waals surface area contributed by atoms with E-state index < -0.39 is 33.9 Å². The van der Waals surface area contributed by atoms with Crippen LogP contribution in [-0.2, 0) is 23.9 Å². The summed E-state index contributed by atoms with van der Waals surface area (Å²) < 4.78 is 11.2. The van der Waals surface area contributed by atoms with E-state index in [1.165, 1.54) is 0 Å². The zero-order valence-corrected chi connectivity index (χ0v) is 20.4. The van der Waals surface area contributed by atoms with Crippen LogP contribution in [-0.4, -0.2) is 46.0 Å². The van der Waals surface area contributed by atoms with E-state index in [1.54, 1.807) is 13.0 Å². The molecule has 0 radical (unpaired) electrons. The summed E-state index contributed by atoms with van der Waals surface area (Å²) in [7, 11) is 0. The lowest BCUT2D eigenvalue weighted by Crippen LogP contribution is -2.63. The SMILES string of the molecule is CCOC(=O)[C@@]1(OC(=O)C(Cl)Cl)CC[C@H]2[C@@H]3CCC4=CC(=O)CC[C@]4(C)[C@H]3[C@@H](O)C[C@@]21C. The quantitative estimate of drug-likeness (QED) is 0.474. The van der Waals surface area contributed by atoms with Gasteiger partial charge in [0.2, 0.25) is 10.4 Å². The van der Waals surface area contributed by atoms with Gasteiger partial charge in [-0.3, -0.25) is 4.79 Å². The summed E-state index contributed by atoms with van der Waals surface area (Å²) in [4.78, 5) is 36.4. The number of aliphatic hydroxyl groups is 1. The topological polar surface area (TPSA) is 89.9 Å². The molecule has 4 rings (SSSR count). The summed E-state index contributed by atoms with van der Waals surface area (Å²) in [6, 6.07) is 0. The van der Waals surface area contributed by atoms with Crippen molar-refractivity contribution in [3.63, 3.8) is 0 Å². The highest BCUT2D eigenvalue weighted by Crippen LogP contribution is 2.68. The predicted molar refractivity (Wildman–Crippen MR) is 119 cm³/mol. The van der Waals surface area contributed by atoms with Crippen LogP contribution in [0.2, 0.25) is 0 Å². The Labute approximate surface area is 199 Å². The minimum absolute atomic E-state index is 0.00354. The number of hydrogen-bond acceptors (Lipinski definition) is 6. The minimum atomic E-state index is -1.53. The average molecular weight is 487 g/mol. The molecule has 7 atom stereocenters. The molecule has 0 bridgehead atoms. The van der Waals surface area contributed by atoms with Gasteiger partial charge in [-0.1, -0.05) is 42.6 Å². The molecule has 1 N–H and O–H groups in total. The van der Waals surface area contributed by atoms with Gasteiger partial charge in [0.25, 0.3) is 0 Å². The maximum Gasteiger partial charge on any atom is 0.351 e. The lowest BCUT2D eigenvalue weighted by Gasteiger charge is -2.60. The lowest BCUT2D eigenvalue weighted by molar-refractivity contribution is -0.213. The third kappa shape index (κ3) is 3.35. The number of carbonyl (C=O) groups excluding carboxylic acids is 3. The van der Waals surface area contributed by atoms with Crippen LogP contribution < -0.4 is 0 Å². The number of esters is 2. The molecular weight excluding hydrogens is 455 g/mol. The molecule has 32 heavy (non-hydrogen) atoms. The molecule has 0 aromatic heterocycles. The summed E-state index contributed by atoms with van der Waals surface area (Å²) >= 11 is 11.5. The molecule has 0 amide bonds. The first-order valence-electron chi connectivity index (χ1n) is 11.6. The highest BCUT2D eigenvalue weighted by Gasteiger charge is 2.71. The van der Waals surface area contributed by atoms with Crippen LogP contribution in [0.25, 0.3) is 0 Å². The molecule has 0 saturated heterocycles. The Morgan fingerprint density at radius 1 is 1.22 bits per heavy atom. The zero-order valence-electron chi connectivity index (χ0n) is 18.9. The Kier molecular flexibility index (Phi) is 6.22. The molecule has 0 spiro atoms. The van der Waals surface area contributed by atoms with Gasteiger partial charge in [0.15, 0.2) is 5.78 Å². The summed E-state index contributed by atoms with van der Waals surface area (Å²) in [6.07, 6.45) is 5.26. The number of alkyl halides is 2. The van der Waals surface area contributed by atoms with E-state index in [1.807, 2.05) is 6.92 Å². The molecular formula is C24H32Cl2O6. The molecule has 4 aliphatic rings. The highest BCUT2D eigenvalue weighted by molar-refractivity contribution is 6.53. The molecule has 3 saturated carbocycles. The van der Waals surface area contributed by atoms with E-state index in [0.29, 0.717) is 25.7 Å². The number of allylic oxidation sites excluding steroid dienone is 1. The van der Waals surface area contributed by atoms with E-state index in [9.17, 15) is 19.5 Å². The van der Waals surface area contributed by atoms with Crippen molar-refractivity contribution in [2.24, 2.45) is 28.6 Å². The van der Waals surface area contributed by atoms with Crippen LogP contribution in [0.1, 0.15) is 65.7 Å². The molecule has 3 fully saturated rings. The minimum Gasteiger partial charge on any atom is -0.463 e. The number of halogens is 2. The van der Waals surface area contributed by atoms with Gasteiger partial charge in [0.05, 0.1) is 12.7 Å². The van der Waals surface area contributed by atoms with Crippen molar-refractivity contribution in [2.45, 2.75) is 82.3 Å². The molecule has 8 heteroatoms. The monoisotopic (exact) mass is 486 g/mol. The highest BCUT2D eigenvalue weighted by atomic mass is 35.5. The van der Waals surface area contributed by atoms with Gasteiger partial charge in [-0.2, -0.15) is 0 Å². The van der Waals surface area contributed by atoms with Crippen molar-refractivity contribution >= 4 is 40.9 Å². The van der Waals surface area contributed by atoms with E-state index >= 15 is 0 Å². The normalized spacial score (nSPS) is 43.1. The second-order valence-corrected chi connectivity index (χ2v) is 11.5. The molecule has 0 aromatic carbocycles. The first-order valence-corrected chi connectivity index (χ1v) is 12.5. The van der Waals surface area contributed by atoms with Gasteiger partial charge < -0.3 is 14.6 Å². The van der Waals surface area contributed by atoms with Gasteiger partial charge in [0, 0.05) is 11.8 Å². The van der Waals surface area contributed by atoms with Gasteiger partial charge in [0.1, 0.15) is 0 Å². The Bertz CT molecular complexity index is 855. The number of fused-ring (bicyclic) bond motifs is 5. The summed E-state index contributed by atoms with van der Waals surface area (Å²) in [5, 5.41) is 11.5. The molecule has 178 valence electrons. The fourth-order valence-electron chi connectivity index (χ4n) is 7.68. The standard InChI is InChI=1S/C24H32Cl2O6/c1-4-31-21(30)24(32-20(29)19(25)26)10-8-16-15-6-5-13-11-14(27)7-9-22(13,2)18(15)17(28)12-23(16,24)3/h11,15-19,28H,4-10,12H2,1-3H3/t15-,16-,17-,18+,22-,23-,24-/m0/s1.